The standard InChI is InChI=1S/C10H15NO5/c1-6(12)11-5-8(16-7(2)13)4-9(11)10(14)15-3/h8-9H,4-5H2,1-3H3/t8-,9+/m1/s1. The molecular weight excluding hydrogens is 214 g/mol. The molecule has 0 aromatic carbocycles. The van der Waals surface area contributed by atoms with Gasteiger partial charge in [0.2, 0.25) is 5.91 Å². The molecule has 1 aliphatic rings. The van der Waals surface area contributed by atoms with Crippen molar-refractivity contribution in [3.63, 3.8) is 0 Å². The lowest BCUT2D eigenvalue weighted by atomic mass is 10.2. The van der Waals surface area contributed by atoms with Gasteiger partial charge in [0.15, 0.2) is 0 Å². The van der Waals surface area contributed by atoms with Crippen LogP contribution < -0.4 is 0 Å². The maximum atomic E-state index is 11.4. The molecule has 0 bridgehead atoms. The van der Waals surface area contributed by atoms with E-state index >= 15 is 0 Å². The number of ether oxygens (including phenoxy) is 2. The lowest BCUT2D eigenvalue weighted by molar-refractivity contribution is -0.150. The molecule has 0 aromatic heterocycles. The summed E-state index contributed by atoms with van der Waals surface area (Å²) in [5, 5.41) is 0. The molecule has 1 saturated heterocycles. The van der Waals surface area contributed by atoms with E-state index in [1.165, 1.54) is 25.9 Å². The number of carbonyl (C=O) groups is 3. The van der Waals surface area contributed by atoms with Crippen molar-refractivity contribution in [1.29, 1.82) is 0 Å². The SMILES string of the molecule is COC(=O)[C@@H]1C[C@@H](OC(C)=O)CN1C(C)=O. The molecule has 6 nitrogen and oxygen atoms in total. The van der Waals surface area contributed by atoms with Crippen LogP contribution in [0.15, 0.2) is 0 Å². The van der Waals surface area contributed by atoms with Crippen LogP contribution in [0.4, 0.5) is 0 Å². The molecular formula is C10H15NO5. The third kappa shape index (κ3) is 2.71. The fourth-order valence-electron chi connectivity index (χ4n) is 1.83. The highest BCUT2D eigenvalue weighted by Crippen LogP contribution is 2.21. The van der Waals surface area contributed by atoms with Crippen molar-refractivity contribution in [1.82, 2.24) is 4.90 Å². The fraction of sp³-hybridized carbons (Fsp3) is 0.700. The van der Waals surface area contributed by atoms with Gasteiger partial charge >= 0.3 is 11.9 Å². The average Bonchev–Trinajstić information content (AvgIpc) is 2.59. The van der Waals surface area contributed by atoms with E-state index in [1.807, 2.05) is 0 Å². The van der Waals surface area contributed by atoms with Crippen LogP contribution in [-0.4, -0.2) is 48.5 Å². The second kappa shape index (κ2) is 4.96. The number of methoxy groups -OCH3 is 1. The zero-order valence-corrected chi connectivity index (χ0v) is 9.56. The number of hydrogen-bond donors (Lipinski definition) is 0. The van der Waals surface area contributed by atoms with Crippen LogP contribution in [0.3, 0.4) is 0 Å². The zero-order chi connectivity index (χ0) is 12.3. The average molecular weight is 229 g/mol. The molecule has 0 aromatic rings. The van der Waals surface area contributed by atoms with Gasteiger partial charge in [-0.3, -0.25) is 9.59 Å². The Morgan fingerprint density at radius 1 is 1.25 bits per heavy atom. The first kappa shape index (κ1) is 12.5. The molecule has 1 heterocycles. The van der Waals surface area contributed by atoms with E-state index in [2.05, 4.69) is 4.74 Å². The van der Waals surface area contributed by atoms with E-state index in [-0.39, 0.29) is 12.5 Å². The highest BCUT2D eigenvalue weighted by molar-refractivity contribution is 5.84. The van der Waals surface area contributed by atoms with Gasteiger partial charge in [0.25, 0.3) is 0 Å². The van der Waals surface area contributed by atoms with Crippen molar-refractivity contribution in [2.24, 2.45) is 0 Å². The normalized spacial score (nSPS) is 24.1. The van der Waals surface area contributed by atoms with Crippen molar-refractivity contribution in [3.8, 4) is 0 Å². The molecule has 0 aliphatic carbocycles. The van der Waals surface area contributed by atoms with Crippen molar-refractivity contribution < 1.29 is 23.9 Å². The summed E-state index contributed by atoms with van der Waals surface area (Å²) in [6.07, 6.45) is -0.128. The molecule has 1 aliphatic heterocycles. The van der Waals surface area contributed by atoms with Crippen LogP contribution in [0.25, 0.3) is 0 Å². The van der Waals surface area contributed by atoms with Gasteiger partial charge in [0, 0.05) is 20.3 Å². The first-order chi connectivity index (χ1) is 7.45. The predicted molar refractivity (Wildman–Crippen MR) is 53.4 cm³/mol. The van der Waals surface area contributed by atoms with Crippen LogP contribution in [0.1, 0.15) is 20.3 Å². The Balaban J connectivity index is 2.71. The lowest BCUT2D eigenvalue weighted by Crippen LogP contribution is -2.39. The van der Waals surface area contributed by atoms with Gasteiger partial charge in [-0.25, -0.2) is 4.79 Å². The van der Waals surface area contributed by atoms with Crippen molar-refractivity contribution in [3.05, 3.63) is 0 Å². The van der Waals surface area contributed by atoms with Crippen LogP contribution >= 0.6 is 0 Å². The van der Waals surface area contributed by atoms with Crippen molar-refractivity contribution in [2.75, 3.05) is 13.7 Å². The Labute approximate surface area is 93.5 Å². The van der Waals surface area contributed by atoms with Gasteiger partial charge in [0.05, 0.1) is 13.7 Å². The second-order valence-corrected chi connectivity index (χ2v) is 3.68. The van der Waals surface area contributed by atoms with Gasteiger partial charge in [-0.05, 0) is 0 Å². The van der Waals surface area contributed by atoms with Gasteiger partial charge in [-0.1, -0.05) is 0 Å². The second-order valence-electron chi connectivity index (χ2n) is 3.68. The number of nitrogens with zero attached hydrogens (tertiary/aromatic N) is 1. The summed E-state index contributed by atoms with van der Waals surface area (Å²) in [5.41, 5.74) is 0. The van der Waals surface area contributed by atoms with Gasteiger partial charge in [-0.2, -0.15) is 0 Å². The molecule has 1 amide bonds. The van der Waals surface area contributed by atoms with Crippen LogP contribution in [0, 0.1) is 0 Å². The predicted octanol–water partition coefficient (Wildman–Crippen LogP) is -0.288. The Bertz CT molecular complexity index is 314. The molecule has 1 rings (SSSR count). The number of likely N-dealkylation sites (tertiary alicyclic amines) is 1. The highest BCUT2D eigenvalue weighted by Gasteiger charge is 2.40. The Hall–Kier alpha value is -1.59. The van der Waals surface area contributed by atoms with E-state index in [1.54, 1.807) is 0 Å². The zero-order valence-electron chi connectivity index (χ0n) is 9.56. The molecule has 0 N–H and O–H groups in total. The smallest absolute Gasteiger partial charge is 0.328 e. The summed E-state index contributed by atoms with van der Waals surface area (Å²) in [4.78, 5) is 34.8. The van der Waals surface area contributed by atoms with E-state index in [0.29, 0.717) is 6.42 Å². The fourth-order valence-corrected chi connectivity index (χ4v) is 1.83. The topological polar surface area (TPSA) is 72.9 Å². The first-order valence-electron chi connectivity index (χ1n) is 4.98. The molecule has 0 unspecified atom stereocenters. The number of carbonyl (C=O) groups excluding carboxylic acids is 3. The molecule has 1 fully saturated rings. The Morgan fingerprint density at radius 3 is 2.31 bits per heavy atom. The van der Waals surface area contributed by atoms with Gasteiger partial charge in [0.1, 0.15) is 12.1 Å². The maximum absolute atomic E-state index is 11.4. The summed E-state index contributed by atoms with van der Waals surface area (Å²) in [6, 6.07) is -0.646. The van der Waals surface area contributed by atoms with Crippen molar-refractivity contribution >= 4 is 17.8 Å². The molecule has 0 saturated carbocycles. The number of amides is 1. The Morgan fingerprint density at radius 2 is 1.88 bits per heavy atom. The monoisotopic (exact) mass is 229 g/mol. The summed E-state index contributed by atoms with van der Waals surface area (Å²) in [5.74, 6) is -1.13. The molecule has 90 valence electrons. The highest BCUT2D eigenvalue weighted by atomic mass is 16.5. The summed E-state index contributed by atoms with van der Waals surface area (Å²) >= 11 is 0. The largest absolute Gasteiger partial charge is 0.467 e. The van der Waals surface area contributed by atoms with E-state index < -0.39 is 24.1 Å². The molecule has 0 spiro atoms. The van der Waals surface area contributed by atoms with E-state index in [4.69, 9.17) is 4.74 Å². The number of esters is 2. The van der Waals surface area contributed by atoms with Gasteiger partial charge < -0.3 is 14.4 Å². The van der Waals surface area contributed by atoms with Crippen LogP contribution in [-0.2, 0) is 23.9 Å². The quantitative estimate of drug-likeness (QED) is 0.608. The molecule has 16 heavy (non-hydrogen) atoms. The molecule has 2 atom stereocenters. The third-order valence-corrected chi connectivity index (χ3v) is 2.47. The lowest BCUT2D eigenvalue weighted by Gasteiger charge is -2.19. The van der Waals surface area contributed by atoms with Gasteiger partial charge in [-0.15, -0.1) is 0 Å². The van der Waals surface area contributed by atoms with Crippen LogP contribution in [0.5, 0.6) is 0 Å². The maximum Gasteiger partial charge on any atom is 0.328 e. The number of hydrogen-bond acceptors (Lipinski definition) is 5. The molecule has 0 radical (unpaired) electrons. The van der Waals surface area contributed by atoms with Crippen LogP contribution in [0.2, 0.25) is 0 Å². The van der Waals surface area contributed by atoms with E-state index in [9.17, 15) is 14.4 Å². The minimum absolute atomic E-state index is 0.231. The minimum atomic E-state index is -0.646. The van der Waals surface area contributed by atoms with E-state index in [0.717, 1.165) is 0 Å². The summed E-state index contributed by atoms with van der Waals surface area (Å²) in [6.45, 7) is 2.91. The molecule has 6 heteroatoms. The minimum Gasteiger partial charge on any atom is -0.467 e. The summed E-state index contributed by atoms with van der Waals surface area (Å²) in [7, 11) is 1.26. The summed E-state index contributed by atoms with van der Waals surface area (Å²) < 4.78 is 9.57. The Kier molecular flexibility index (Phi) is 3.87. The van der Waals surface area contributed by atoms with Crippen molar-refractivity contribution in [2.45, 2.75) is 32.4 Å². The number of rotatable bonds is 2. The third-order valence-electron chi connectivity index (χ3n) is 2.47. The first-order valence-corrected chi connectivity index (χ1v) is 4.98.